The lowest BCUT2D eigenvalue weighted by Crippen LogP contribution is -2.51. The summed E-state index contributed by atoms with van der Waals surface area (Å²) in [5, 5.41) is 0. The number of esters is 1. The summed E-state index contributed by atoms with van der Waals surface area (Å²) in [5.41, 5.74) is 0.655. The summed E-state index contributed by atoms with van der Waals surface area (Å²) in [7, 11) is 0. The summed E-state index contributed by atoms with van der Waals surface area (Å²) < 4.78 is 10.6. The average Bonchev–Trinajstić information content (AvgIpc) is 2.89. The van der Waals surface area contributed by atoms with E-state index >= 15 is 0 Å². The van der Waals surface area contributed by atoms with Crippen molar-refractivity contribution < 1.29 is 23.9 Å². The summed E-state index contributed by atoms with van der Waals surface area (Å²) in [6, 6.07) is 6.19. The van der Waals surface area contributed by atoms with Crippen LogP contribution in [0, 0.1) is 5.41 Å². The lowest BCUT2D eigenvalue weighted by atomic mass is 9.82. The molecule has 3 rings (SSSR count). The van der Waals surface area contributed by atoms with Gasteiger partial charge in [0.2, 0.25) is 0 Å². The van der Waals surface area contributed by atoms with Gasteiger partial charge in [-0.05, 0) is 31.2 Å². The monoisotopic (exact) mass is 315 g/mol. The van der Waals surface area contributed by atoms with Crippen LogP contribution in [-0.4, -0.2) is 37.1 Å². The Morgan fingerprint density at radius 3 is 2.35 bits per heavy atom. The topological polar surface area (TPSA) is 72.9 Å². The van der Waals surface area contributed by atoms with E-state index in [-0.39, 0.29) is 11.5 Å². The second kappa shape index (κ2) is 5.62. The Morgan fingerprint density at radius 2 is 1.87 bits per heavy atom. The van der Waals surface area contributed by atoms with Crippen LogP contribution >= 0.6 is 0 Å². The van der Waals surface area contributed by atoms with Crippen LogP contribution in [0.3, 0.4) is 0 Å². The molecule has 2 amide bonds. The van der Waals surface area contributed by atoms with Crippen molar-refractivity contribution in [2.45, 2.75) is 20.0 Å². The summed E-state index contributed by atoms with van der Waals surface area (Å²) >= 11 is 0. The van der Waals surface area contributed by atoms with Crippen molar-refractivity contribution in [2.75, 3.05) is 18.1 Å². The number of nitrogens with zero attached hydrogens (tertiary/aromatic N) is 1. The highest BCUT2D eigenvalue weighted by molar-refractivity contribution is 6.28. The molecule has 1 fully saturated rings. The highest BCUT2D eigenvalue weighted by Crippen LogP contribution is 2.34. The Morgan fingerprint density at radius 1 is 1.26 bits per heavy atom. The van der Waals surface area contributed by atoms with Gasteiger partial charge in [-0.1, -0.05) is 6.92 Å². The van der Waals surface area contributed by atoms with E-state index in [9.17, 15) is 14.4 Å². The third-order valence-electron chi connectivity index (χ3n) is 4.35. The Balaban J connectivity index is 1.64. The van der Waals surface area contributed by atoms with Crippen LogP contribution in [-0.2, 0) is 19.1 Å². The van der Waals surface area contributed by atoms with Crippen molar-refractivity contribution in [3.05, 3.63) is 42.0 Å². The smallest absolute Gasteiger partial charge is 0.338 e. The van der Waals surface area contributed by atoms with Gasteiger partial charge < -0.3 is 9.47 Å². The second-order valence-corrected chi connectivity index (χ2v) is 6.08. The number of hydrogen-bond acceptors (Lipinski definition) is 5. The predicted molar refractivity (Wildman–Crippen MR) is 81.9 cm³/mol. The Bertz CT molecular complexity index is 675. The van der Waals surface area contributed by atoms with E-state index in [1.54, 1.807) is 24.3 Å². The van der Waals surface area contributed by atoms with Crippen LogP contribution in [0.25, 0.3) is 0 Å². The van der Waals surface area contributed by atoms with Crippen LogP contribution in [0.15, 0.2) is 36.4 Å². The van der Waals surface area contributed by atoms with E-state index in [0.29, 0.717) is 24.5 Å². The van der Waals surface area contributed by atoms with Crippen LogP contribution in [0.2, 0.25) is 0 Å². The van der Waals surface area contributed by atoms with E-state index in [0.717, 1.165) is 4.90 Å². The normalized spacial score (nSPS) is 26.3. The van der Waals surface area contributed by atoms with Gasteiger partial charge in [0.15, 0.2) is 0 Å². The Hall–Kier alpha value is -2.47. The van der Waals surface area contributed by atoms with Crippen molar-refractivity contribution in [1.29, 1.82) is 0 Å². The maximum Gasteiger partial charge on any atom is 0.338 e. The Kier molecular flexibility index (Phi) is 3.77. The summed E-state index contributed by atoms with van der Waals surface area (Å²) in [6.07, 6.45) is 2.50. The standard InChI is InChI=1S/C17H17NO5/c1-11-17(2,9-22-11)10-23-16(21)12-3-5-13(6-4-12)18-14(19)7-8-15(18)20/h3-8,11H,9-10H2,1-2H3. The SMILES string of the molecule is CC1OCC1(C)COC(=O)c1ccc(N2C(=O)C=CC2=O)cc1. The minimum atomic E-state index is -0.436. The van der Waals surface area contributed by atoms with Gasteiger partial charge in [-0.3, -0.25) is 9.59 Å². The molecule has 6 heteroatoms. The minimum Gasteiger partial charge on any atom is -0.461 e. The first-order valence-electron chi connectivity index (χ1n) is 7.36. The van der Waals surface area contributed by atoms with Crippen LogP contribution in [0.4, 0.5) is 5.69 Å². The molecule has 0 saturated carbocycles. The van der Waals surface area contributed by atoms with Crippen LogP contribution in [0.1, 0.15) is 24.2 Å². The first-order chi connectivity index (χ1) is 10.9. The quantitative estimate of drug-likeness (QED) is 0.624. The third-order valence-corrected chi connectivity index (χ3v) is 4.35. The number of hydrogen-bond donors (Lipinski definition) is 0. The van der Waals surface area contributed by atoms with Gasteiger partial charge in [0.25, 0.3) is 11.8 Å². The molecular weight excluding hydrogens is 298 g/mol. The number of carbonyl (C=O) groups is 3. The van der Waals surface area contributed by atoms with Crippen LogP contribution in [0.5, 0.6) is 0 Å². The fourth-order valence-electron chi connectivity index (χ4n) is 2.41. The number of benzene rings is 1. The molecule has 0 radical (unpaired) electrons. The van der Waals surface area contributed by atoms with Crippen molar-refractivity contribution >= 4 is 23.5 Å². The molecule has 0 spiro atoms. The highest BCUT2D eigenvalue weighted by atomic mass is 16.6. The zero-order chi connectivity index (χ0) is 16.6. The molecule has 120 valence electrons. The molecule has 2 unspecified atom stereocenters. The third kappa shape index (κ3) is 2.77. The molecule has 1 aromatic carbocycles. The zero-order valence-electron chi connectivity index (χ0n) is 12.9. The summed E-state index contributed by atoms with van der Waals surface area (Å²) in [4.78, 5) is 36.3. The molecule has 2 aliphatic heterocycles. The van der Waals surface area contributed by atoms with E-state index in [4.69, 9.17) is 9.47 Å². The van der Waals surface area contributed by atoms with E-state index < -0.39 is 17.8 Å². The Labute approximate surface area is 133 Å². The number of carbonyl (C=O) groups excluding carboxylic acids is 3. The largest absolute Gasteiger partial charge is 0.461 e. The van der Waals surface area contributed by atoms with Gasteiger partial charge in [-0.25, -0.2) is 9.69 Å². The molecule has 6 nitrogen and oxygen atoms in total. The molecule has 0 bridgehead atoms. The maximum absolute atomic E-state index is 12.1. The maximum atomic E-state index is 12.1. The molecule has 23 heavy (non-hydrogen) atoms. The van der Waals surface area contributed by atoms with E-state index in [1.165, 1.54) is 12.2 Å². The number of rotatable bonds is 4. The molecule has 1 saturated heterocycles. The summed E-state index contributed by atoms with van der Waals surface area (Å²) in [6.45, 7) is 4.83. The predicted octanol–water partition coefficient (Wildman–Crippen LogP) is 1.70. The van der Waals surface area contributed by atoms with E-state index in [1.807, 2.05) is 13.8 Å². The highest BCUT2D eigenvalue weighted by Gasteiger charge is 2.42. The lowest BCUT2D eigenvalue weighted by Gasteiger charge is -2.44. The van der Waals surface area contributed by atoms with Crippen molar-refractivity contribution in [1.82, 2.24) is 0 Å². The molecular formula is C17H17NO5. The van der Waals surface area contributed by atoms with Crippen molar-refractivity contribution in [3.63, 3.8) is 0 Å². The number of amides is 2. The van der Waals surface area contributed by atoms with Gasteiger partial charge in [-0.2, -0.15) is 0 Å². The van der Waals surface area contributed by atoms with Crippen LogP contribution < -0.4 is 4.90 Å². The molecule has 2 atom stereocenters. The molecule has 1 aromatic rings. The van der Waals surface area contributed by atoms with Gasteiger partial charge in [0, 0.05) is 12.2 Å². The molecule has 2 aliphatic rings. The van der Waals surface area contributed by atoms with E-state index in [2.05, 4.69) is 0 Å². The first kappa shape index (κ1) is 15.4. The zero-order valence-corrected chi connectivity index (χ0v) is 12.9. The molecule has 2 heterocycles. The fraction of sp³-hybridized carbons (Fsp3) is 0.353. The fourth-order valence-corrected chi connectivity index (χ4v) is 2.41. The minimum absolute atomic E-state index is 0.0670. The molecule has 0 aliphatic carbocycles. The van der Waals surface area contributed by atoms with Crippen molar-refractivity contribution in [3.8, 4) is 0 Å². The van der Waals surface area contributed by atoms with Gasteiger partial charge >= 0.3 is 5.97 Å². The van der Waals surface area contributed by atoms with Gasteiger partial charge in [0.1, 0.15) is 6.61 Å². The van der Waals surface area contributed by atoms with Gasteiger partial charge in [-0.15, -0.1) is 0 Å². The van der Waals surface area contributed by atoms with Gasteiger partial charge in [0.05, 0.1) is 29.4 Å². The lowest BCUT2D eigenvalue weighted by molar-refractivity contribution is -0.185. The second-order valence-electron chi connectivity index (χ2n) is 6.08. The average molecular weight is 315 g/mol. The number of imide groups is 1. The number of anilines is 1. The molecule has 0 aromatic heterocycles. The van der Waals surface area contributed by atoms with Crippen molar-refractivity contribution in [2.24, 2.45) is 5.41 Å². The molecule has 0 N–H and O–H groups in total. The number of ether oxygens (including phenoxy) is 2. The first-order valence-corrected chi connectivity index (χ1v) is 7.36. The summed E-state index contributed by atoms with van der Waals surface area (Å²) in [5.74, 6) is -1.22.